The van der Waals surface area contributed by atoms with E-state index in [0.29, 0.717) is 6.04 Å². The third-order valence-corrected chi connectivity index (χ3v) is 4.15. The Morgan fingerprint density at radius 1 is 1.19 bits per heavy atom. The molecule has 0 saturated heterocycles. The van der Waals surface area contributed by atoms with Crippen LogP contribution in [0.1, 0.15) is 38.0 Å². The summed E-state index contributed by atoms with van der Waals surface area (Å²) in [4.78, 5) is 0. The van der Waals surface area contributed by atoms with Gasteiger partial charge in [-0.05, 0) is 62.6 Å². The van der Waals surface area contributed by atoms with Crippen LogP contribution in [0.3, 0.4) is 0 Å². The zero-order chi connectivity index (χ0) is 14.4. The Morgan fingerprint density at radius 2 is 2.05 bits per heavy atom. The molecule has 0 spiro atoms. The molecule has 21 heavy (non-hydrogen) atoms. The number of fused-ring (bicyclic) bond motifs is 1. The fourth-order valence-electron chi connectivity index (χ4n) is 2.92. The smallest absolute Gasteiger partial charge is 0.134 e. The largest absolute Gasteiger partial charge is 0.487 e. The van der Waals surface area contributed by atoms with Gasteiger partial charge in [-0.3, -0.25) is 0 Å². The lowest BCUT2D eigenvalue weighted by Crippen LogP contribution is -2.24. The van der Waals surface area contributed by atoms with E-state index in [-0.39, 0.29) is 5.60 Å². The van der Waals surface area contributed by atoms with E-state index < -0.39 is 0 Å². The second kappa shape index (κ2) is 4.63. The van der Waals surface area contributed by atoms with Crippen molar-refractivity contribution in [2.45, 2.75) is 51.3 Å². The quantitative estimate of drug-likeness (QED) is 0.923. The summed E-state index contributed by atoms with van der Waals surface area (Å²) in [6.07, 6.45) is 3.55. The number of nitrogens with one attached hydrogen (secondary N) is 1. The zero-order valence-electron chi connectivity index (χ0n) is 12.6. The maximum absolute atomic E-state index is 5.96. The SMILES string of the molecule is CC1(C)Cc2cc(-c3ccc(CNC4CC4)o3)ccc2O1. The van der Waals surface area contributed by atoms with Crippen molar-refractivity contribution in [1.82, 2.24) is 5.32 Å². The first kappa shape index (κ1) is 13.0. The maximum Gasteiger partial charge on any atom is 0.134 e. The van der Waals surface area contributed by atoms with Crippen molar-refractivity contribution < 1.29 is 9.15 Å². The molecule has 0 atom stereocenters. The summed E-state index contributed by atoms with van der Waals surface area (Å²) in [6, 6.07) is 11.2. The average Bonchev–Trinajstić information content (AvgIpc) is 3.04. The number of hydrogen-bond acceptors (Lipinski definition) is 3. The Kier molecular flexibility index (Phi) is 2.86. The van der Waals surface area contributed by atoms with Crippen LogP contribution >= 0.6 is 0 Å². The summed E-state index contributed by atoms with van der Waals surface area (Å²) in [6.45, 7) is 5.08. The average molecular weight is 283 g/mol. The van der Waals surface area contributed by atoms with E-state index in [1.165, 1.54) is 18.4 Å². The summed E-state index contributed by atoms with van der Waals surface area (Å²) in [5.41, 5.74) is 2.31. The van der Waals surface area contributed by atoms with Crippen LogP contribution in [0, 0.1) is 0 Å². The first-order valence-electron chi connectivity index (χ1n) is 7.73. The van der Waals surface area contributed by atoms with Crippen molar-refractivity contribution >= 4 is 0 Å². The molecule has 2 heterocycles. The highest BCUT2D eigenvalue weighted by atomic mass is 16.5. The Labute approximate surface area is 125 Å². The highest BCUT2D eigenvalue weighted by Crippen LogP contribution is 2.37. The first-order chi connectivity index (χ1) is 10.1. The fraction of sp³-hybridized carbons (Fsp3) is 0.444. The van der Waals surface area contributed by atoms with Gasteiger partial charge < -0.3 is 14.5 Å². The summed E-state index contributed by atoms with van der Waals surface area (Å²) in [7, 11) is 0. The highest BCUT2D eigenvalue weighted by Gasteiger charge is 2.30. The summed E-state index contributed by atoms with van der Waals surface area (Å²) in [5.74, 6) is 2.95. The molecule has 1 aliphatic carbocycles. The molecule has 3 heteroatoms. The molecule has 1 saturated carbocycles. The van der Waals surface area contributed by atoms with Crippen LogP contribution in [0.5, 0.6) is 5.75 Å². The van der Waals surface area contributed by atoms with E-state index in [0.717, 1.165) is 35.8 Å². The monoisotopic (exact) mass is 283 g/mol. The summed E-state index contributed by atoms with van der Waals surface area (Å²) in [5, 5.41) is 3.48. The van der Waals surface area contributed by atoms with E-state index in [4.69, 9.17) is 9.15 Å². The zero-order valence-corrected chi connectivity index (χ0v) is 12.6. The van der Waals surface area contributed by atoms with Crippen LogP contribution in [0.4, 0.5) is 0 Å². The number of benzene rings is 1. The molecule has 4 rings (SSSR count). The number of furan rings is 1. The Bertz CT molecular complexity index is 668. The Balaban J connectivity index is 1.54. The topological polar surface area (TPSA) is 34.4 Å². The summed E-state index contributed by atoms with van der Waals surface area (Å²) >= 11 is 0. The molecular weight excluding hydrogens is 262 g/mol. The number of rotatable bonds is 4. The molecular formula is C18H21NO2. The molecule has 1 N–H and O–H groups in total. The Morgan fingerprint density at radius 3 is 2.86 bits per heavy atom. The number of hydrogen-bond donors (Lipinski definition) is 1. The van der Waals surface area contributed by atoms with Crippen LogP contribution in [0.15, 0.2) is 34.7 Å². The van der Waals surface area contributed by atoms with Crippen LogP contribution < -0.4 is 10.1 Å². The molecule has 1 aromatic heterocycles. The van der Waals surface area contributed by atoms with Crippen LogP contribution in [0.2, 0.25) is 0 Å². The maximum atomic E-state index is 5.96. The van der Waals surface area contributed by atoms with Gasteiger partial charge in [0, 0.05) is 18.0 Å². The summed E-state index contributed by atoms with van der Waals surface area (Å²) < 4.78 is 11.9. The number of ether oxygens (including phenoxy) is 1. The molecule has 0 bridgehead atoms. The van der Waals surface area contributed by atoms with Crippen molar-refractivity contribution in [3.05, 3.63) is 41.7 Å². The molecule has 0 amide bonds. The molecule has 3 nitrogen and oxygen atoms in total. The second-order valence-electron chi connectivity index (χ2n) is 6.78. The van der Waals surface area contributed by atoms with E-state index in [1.54, 1.807) is 0 Å². The van der Waals surface area contributed by atoms with Gasteiger partial charge >= 0.3 is 0 Å². The first-order valence-corrected chi connectivity index (χ1v) is 7.73. The minimum atomic E-state index is -0.0938. The van der Waals surface area contributed by atoms with Gasteiger partial charge in [-0.1, -0.05) is 0 Å². The predicted molar refractivity (Wildman–Crippen MR) is 82.4 cm³/mol. The molecule has 1 fully saturated rings. The van der Waals surface area contributed by atoms with Gasteiger partial charge in [0.1, 0.15) is 22.9 Å². The van der Waals surface area contributed by atoms with Crippen molar-refractivity contribution in [3.63, 3.8) is 0 Å². The van der Waals surface area contributed by atoms with Gasteiger partial charge in [-0.25, -0.2) is 0 Å². The van der Waals surface area contributed by atoms with Crippen molar-refractivity contribution in [1.29, 1.82) is 0 Å². The molecule has 1 aromatic carbocycles. The lowest BCUT2D eigenvalue weighted by Gasteiger charge is -2.16. The second-order valence-corrected chi connectivity index (χ2v) is 6.78. The van der Waals surface area contributed by atoms with Gasteiger partial charge in [0.15, 0.2) is 0 Å². The van der Waals surface area contributed by atoms with E-state index >= 15 is 0 Å². The highest BCUT2D eigenvalue weighted by molar-refractivity contribution is 5.61. The third kappa shape index (κ3) is 2.70. The molecule has 2 aromatic rings. The Hall–Kier alpha value is -1.74. The lowest BCUT2D eigenvalue weighted by molar-refractivity contribution is 0.138. The minimum absolute atomic E-state index is 0.0938. The van der Waals surface area contributed by atoms with E-state index in [1.807, 2.05) is 0 Å². The molecule has 2 aliphatic rings. The normalized spacial score (nSPS) is 19.3. The van der Waals surface area contributed by atoms with Gasteiger partial charge in [-0.15, -0.1) is 0 Å². The molecule has 0 radical (unpaired) electrons. The molecule has 110 valence electrons. The van der Waals surface area contributed by atoms with Gasteiger partial charge in [0.05, 0.1) is 6.54 Å². The van der Waals surface area contributed by atoms with E-state index in [2.05, 4.69) is 49.5 Å². The molecule has 0 unspecified atom stereocenters. The predicted octanol–water partition coefficient (Wildman–Crippen LogP) is 3.91. The fourth-order valence-corrected chi connectivity index (χ4v) is 2.92. The van der Waals surface area contributed by atoms with Crippen LogP contribution in [-0.2, 0) is 13.0 Å². The van der Waals surface area contributed by atoms with Gasteiger partial charge in [0.2, 0.25) is 0 Å². The van der Waals surface area contributed by atoms with Crippen LogP contribution in [-0.4, -0.2) is 11.6 Å². The van der Waals surface area contributed by atoms with Gasteiger partial charge in [-0.2, -0.15) is 0 Å². The van der Waals surface area contributed by atoms with Crippen molar-refractivity contribution in [3.8, 4) is 17.1 Å². The lowest BCUT2D eigenvalue weighted by atomic mass is 10.00. The van der Waals surface area contributed by atoms with Crippen molar-refractivity contribution in [2.75, 3.05) is 0 Å². The van der Waals surface area contributed by atoms with Gasteiger partial charge in [0.25, 0.3) is 0 Å². The third-order valence-electron chi connectivity index (χ3n) is 4.15. The minimum Gasteiger partial charge on any atom is -0.487 e. The van der Waals surface area contributed by atoms with E-state index in [9.17, 15) is 0 Å². The van der Waals surface area contributed by atoms with Crippen LogP contribution in [0.25, 0.3) is 11.3 Å². The van der Waals surface area contributed by atoms with Crippen molar-refractivity contribution in [2.24, 2.45) is 0 Å². The standard InChI is InChI=1S/C18H21NO2/c1-18(2)10-13-9-12(3-7-17(13)21-18)16-8-6-15(20-16)11-19-14-4-5-14/h3,6-9,14,19H,4-5,10-11H2,1-2H3. The molecule has 1 aliphatic heterocycles.